The largest absolute Gasteiger partial charge is 0.452 e. The molecule has 8 nitrogen and oxygen atoms in total. The molecular formula is C19H21N3O5. The summed E-state index contributed by atoms with van der Waals surface area (Å²) in [6.45, 7) is 1.93. The Balaban J connectivity index is 1.87. The summed E-state index contributed by atoms with van der Waals surface area (Å²) in [5.41, 5.74) is 1.13. The predicted molar refractivity (Wildman–Crippen MR) is 101 cm³/mol. The fourth-order valence-corrected chi connectivity index (χ4v) is 2.45. The smallest absolute Gasteiger partial charge is 0.338 e. The van der Waals surface area contributed by atoms with E-state index in [-0.39, 0.29) is 22.9 Å². The molecule has 0 aliphatic rings. The van der Waals surface area contributed by atoms with E-state index in [1.165, 1.54) is 12.1 Å². The third-order valence-corrected chi connectivity index (χ3v) is 4.01. The summed E-state index contributed by atoms with van der Waals surface area (Å²) in [5.74, 6) is -1.12. The van der Waals surface area contributed by atoms with Crippen LogP contribution in [-0.4, -0.2) is 37.0 Å². The van der Waals surface area contributed by atoms with Gasteiger partial charge in [-0.1, -0.05) is 37.3 Å². The highest BCUT2D eigenvalue weighted by Crippen LogP contribution is 2.25. The van der Waals surface area contributed by atoms with E-state index in [2.05, 4.69) is 10.6 Å². The van der Waals surface area contributed by atoms with E-state index in [9.17, 15) is 19.7 Å². The van der Waals surface area contributed by atoms with Crippen molar-refractivity contribution in [2.45, 2.75) is 12.8 Å². The number of anilines is 1. The van der Waals surface area contributed by atoms with Crippen molar-refractivity contribution in [2.75, 3.05) is 25.5 Å². The Morgan fingerprint density at radius 3 is 2.52 bits per heavy atom. The topological polar surface area (TPSA) is 111 Å². The number of ether oxygens (including phenoxy) is 1. The number of nitrogens with one attached hydrogen (secondary N) is 2. The second-order valence-electron chi connectivity index (χ2n) is 5.93. The van der Waals surface area contributed by atoms with Gasteiger partial charge in [0.25, 0.3) is 11.6 Å². The molecule has 1 atom stereocenters. The molecule has 1 amide bonds. The Labute approximate surface area is 156 Å². The number of esters is 1. The van der Waals surface area contributed by atoms with Crippen LogP contribution >= 0.6 is 0 Å². The molecule has 2 N–H and O–H groups in total. The molecule has 2 aromatic carbocycles. The molecule has 0 saturated heterocycles. The summed E-state index contributed by atoms with van der Waals surface area (Å²) in [6.07, 6.45) is 0. The number of rotatable bonds is 8. The van der Waals surface area contributed by atoms with E-state index < -0.39 is 23.4 Å². The Bertz CT molecular complexity index is 823. The number of nitro benzene ring substituents is 1. The van der Waals surface area contributed by atoms with E-state index in [0.29, 0.717) is 6.54 Å². The number of benzene rings is 2. The monoisotopic (exact) mass is 371 g/mol. The highest BCUT2D eigenvalue weighted by Gasteiger charge is 2.18. The second-order valence-corrected chi connectivity index (χ2v) is 5.93. The van der Waals surface area contributed by atoms with Gasteiger partial charge in [-0.3, -0.25) is 14.9 Å². The third kappa shape index (κ3) is 5.53. The summed E-state index contributed by atoms with van der Waals surface area (Å²) < 4.78 is 4.94. The van der Waals surface area contributed by atoms with Crippen molar-refractivity contribution in [3.05, 3.63) is 69.8 Å². The van der Waals surface area contributed by atoms with Crippen molar-refractivity contribution < 1.29 is 19.2 Å². The average molecular weight is 371 g/mol. The minimum absolute atomic E-state index is 0.00570. The number of hydrogen-bond donors (Lipinski definition) is 2. The lowest BCUT2D eigenvalue weighted by Gasteiger charge is -2.13. The van der Waals surface area contributed by atoms with Crippen LogP contribution in [0, 0.1) is 10.1 Å². The summed E-state index contributed by atoms with van der Waals surface area (Å²) in [4.78, 5) is 34.4. The van der Waals surface area contributed by atoms with Gasteiger partial charge in [-0.25, -0.2) is 4.79 Å². The van der Waals surface area contributed by atoms with E-state index in [1.807, 2.05) is 37.3 Å². The quantitative estimate of drug-likeness (QED) is 0.419. The SMILES string of the molecule is CNc1ccc(C(=O)OCC(=O)NC[C@H](C)c2ccccc2)cc1[N+](=O)[O-]. The first kappa shape index (κ1) is 19.9. The summed E-state index contributed by atoms with van der Waals surface area (Å²) in [7, 11) is 1.54. The number of carbonyl (C=O) groups excluding carboxylic acids is 2. The van der Waals surface area contributed by atoms with Crippen molar-refractivity contribution in [1.29, 1.82) is 0 Å². The Morgan fingerprint density at radius 1 is 1.19 bits per heavy atom. The Kier molecular flexibility index (Phi) is 6.87. The van der Waals surface area contributed by atoms with Crippen LogP contribution in [0.1, 0.15) is 28.8 Å². The summed E-state index contributed by atoms with van der Waals surface area (Å²) in [6, 6.07) is 13.6. The zero-order valence-corrected chi connectivity index (χ0v) is 15.1. The molecule has 8 heteroatoms. The molecule has 27 heavy (non-hydrogen) atoms. The lowest BCUT2D eigenvalue weighted by molar-refractivity contribution is -0.384. The van der Waals surface area contributed by atoms with Gasteiger partial charge < -0.3 is 15.4 Å². The number of hydrogen-bond acceptors (Lipinski definition) is 6. The first-order valence-electron chi connectivity index (χ1n) is 8.37. The Morgan fingerprint density at radius 2 is 1.89 bits per heavy atom. The molecular weight excluding hydrogens is 350 g/mol. The van der Waals surface area contributed by atoms with Gasteiger partial charge in [-0.2, -0.15) is 0 Å². The molecule has 2 rings (SSSR count). The van der Waals surface area contributed by atoms with Gasteiger partial charge in [0.15, 0.2) is 6.61 Å². The first-order chi connectivity index (χ1) is 12.9. The van der Waals surface area contributed by atoms with Crippen LogP contribution in [0.3, 0.4) is 0 Å². The third-order valence-electron chi connectivity index (χ3n) is 4.01. The van der Waals surface area contributed by atoms with Crippen LogP contribution in [-0.2, 0) is 9.53 Å². The minimum Gasteiger partial charge on any atom is -0.452 e. The molecule has 0 unspecified atom stereocenters. The Hall–Kier alpha value is -3.42. The maximum Gasteiger partial charge on any atom is 0.338 e. The summed E-state index contributed by atoms with van der Waals surface area (Å²) in [5, 5.41) is 16.4. The molecule has 0 spiro atoms. The average Bonchev–Trinajstić information content (AvgIpc) is 2.70. The van der Waals surface area contributed by atoms with Gasteiger partial charge in [-0.05, 0) is 23.6 Å². The first-order valence-corrected chi connectivity index (χ1v) is 8.37. The van der Waals surface area contributed by atoms with Crippen molar-refractivity contribution in [1.82, 2.24) is 5.32 Å². The van der Waals surface area contributed by atoms with E-state index in [0.717, 1.165) is 11.6 Å². The van der Waals surface area contributed by atoms with Gasteiger partial charge in [0.2, 0.25) is 0 Å². The van der Waals surface area contributed by atoms with Gasteiger partial charge >= 0.3 is 5.97 Å². The number of nitro groups is 1. The number of amides is 1. The molecule has 2 aromatic rings. The van der Waals surface area contributed by atoms with Crippen LogP contribution in [0.4, 0.5) is 11.4 Å². The minimum atomic E-state index is -0.799. The number of nitrogens with zero attached hydrogens (tertiary/aromatic N) is 1. The standard InChI is InChI=1S/C19H21N3O5/c1-13(14-6-4-3-5-7-14)11-21-18(23)12-27-19(24)15-8-9-16(20-2)17(10-15)22(25)26/h3-10,13,20H,11-12H2,1-2H3,(H,21,23)/t13-/m0/s1. The highest BCUT2D eigenvalue weighted by atomic mass is 16.6. The maximum atomic E-state index is 12.0. The van der Waals surface area contributed by atoms with Crippen LogP contribution < -0.4 is 10.6 Å². The van der Waals surface area contributed by atoms with Gasteiger partial charge in [0, 0.05) is 19.7 Å². The van der Waals surface area contributed by atoms with Gasteiger partial charge in [-0.15, -0.1) is 0 Å². The fourth-order valence-electron chi connectivity index (χ4n) is 2.45. The molecule has 0 fully saturated rings. The highest BCUT2D eigenvalue weighted by molar-refractivity contribution is 5.93. The molecule has 0 radical (unpaired) electrons. The van der Waals surface area contributed by atoms with Crippen LogP contribution in [0.15, 0.2) is 48.5 Å². The van der Waals surface area contributed by atoms with Crippen LogP contribution in [0.5, 0.6) is 0 Å². The zero-order valence-electron chi connectivity index (χ0n) is 15.1. The lowest BCUT2D eigenvalue weighted by Crippen LogP contribution is -2.31. The maximum absolute atomic E-state index is 12.0. The van der Waals surface area contributed by atoms with Crippen LogP contribution in [0.2, 0.25) is 0 Å². The summed E-state index contributed by atoms with van der Waals surface area (Å²) >= 11 is 0. The van der Waals surface area contributed by atoms with Crippen molar-refractivity contribution in [3.8, 4) is 0 Å². The van der Waals surface area contributed by atoms with Crippen LogP contribution in [0.25, 0.3) is 0 Å². The van der Waals surface area contributed by atoms with E-state index in [4.69, 9.17) is 4.74 Å². The van der Waals surface area contributed by atoms with E-state index in [1.54, 1.807) is 7.05 Å². The zero-order chi connectivity index (χ0) is 19.8. The molecule has 142 valence electrons. The van der Waals surface area contributed by atoms with Gasteiger partial charge in [0.1, 0.15) is 5.69 Å². The molecule has 0 aromatic heterocycles. The molecule has 0 bridgehead atoms. The van der Waals surface area contributed by atoms with Crippen molar-refractivity contribution in [2.24, 2.45) is 0 Å². The number of carbonyl (C=O) groups is 2. The normalized spacial score (nSPS) is 11.3. The second kappa shape index (κ2) is 9.33. The molecule has 0 aliphatic heterocycles. The van der Waals surface area contributed by atoms with Gasteiger partial charge in [0.05, 0.1) is 10.5 Å². The predicted octanol–water partition coefficient (Wildman–Crippen LogP) is 2.71. The molecule has 0 heterocycles. The van der Waals surface area contributed by atoms with Crippen molar-refractivity contribution >= 4 is 23.3 Å². The molecule has 0 aliphatic carbocycles. The van der Waals surface area contributed by atoms with E-state index >= 15 is 0 Å². The van der Waals surface area contributed by atoms with Crippen molar-refractivity contribution in [3.63, 3.8) is 0 Å². The molecule has 0 saturated carbocycles. The lowest BCUT2D eigenvalue weighted by atomic mass is 10.0. The fraction of sp³-hybridized carbons (Fsp3) is 0.263.